The Balaban J connectivity index is 2.04. The van der Waals surface area contributed by atoms with E-state index in [1.807, 2.05) is 4.90 Å². The van der Waals surface area contributed by atoms with Crippen molar-refractivity contribution in [3.05, 3.63) is 29.8 Å². The van der Waals surface area contributed by atoms with E-state index in [2.05, 4.69) is 11.8 Å². The highest BCUT2D eigenvalue weighted by atomic mass is 32.2. The van der Waals surface area contributed by atoms with Gasteiger partial charge in [-0.05, 0) is 24.3 Å². The molecule has 0 spiro atoms. The molecular formula is C13H20N3O3S+. The monoisotopic (exact) mass is 298 g/mol. The van der Waals surface area contributed by atoms with E-state index >= 15 is 0 Å². The van der Waals surface area contributed by atoms with Gasteiger partial charge in [0.1, 0.15) is 0 Å². The molecule has 0 radical (unpaired) electrons. The van der Waals surface area contributed by atoms with E-state index < -0.39 is 10.0 Å². The molecule has 0 atom stereocenters. The minimum Gasteiger partial charge on any atom is -0.334 e. The van der Waals surface area contributed by atoms with Gasteiger partial charge in [0.15, 0.2) is 0 Å². The van der Waals surface area contributed by atoms with Crippen molar-refractivity contribution < 1.29 is 18.1 Å². The van der Waals surface area contributed by atoms with Gasteiger partial charge in [0.25, 0.3) is 5.91 Å². The van der Waals surface area contributed by atoms with Gasteiger partial charge in [-0.3, -0.25) is 9.52 Å². The first-order valence-electron chi connectivity index (χ1n) is 6.53. The maximum Gasteiger partial charge on any atom is 0.254 e. The van der Waals surface area contributed by atoms with Crippen molar-refractivity contribution >= 4 is 21.6 Å². The number of hydrogen-bond donors (Lipinski definition) is 2. The number of nitrogens with zero attached hydrogens (tertiary/aromatic N) is 1. The molecule has 1 aliphatic heterocycles. The quantitative estimate of drug-likeness (QED) is 0.754. The third kappa shape index (κ3) is 3.94. The van der Waals surface area contributed by atoms with Crippen LogP contribution in [0.1, 0.15) is 10.4 Å². The van der Waals surface area contributed by atoms with Gasteiger partial charge in [0, 0.05) is 11.3 Å². The van der Waals surface area contributed by atoms with E-state index in [-0.39, 0.29) is 5.91 Å². The Morgan fingerprint density at radius 1 is 1.20 bits per heavy atom. The predicted octanol–water partition coefficient (Wildman–Crippen LogP) is -0.971. The number of amides is 1. The first-order valence-corrected chi connectivity index (χ1v) is 8.43. The van der Waals surface area contributed by atoms with Crippen LogP contribution in [0.25, 0.3) is 0 Å². The zero-order chi connectivity index (χ0) is 14.8. The number of rotatable bonds is 3. The Bertz CT molecular complexity index is 575. The van der Waals surface area contributed by atoms with E-state index in [0.717, 1.165) is 32.4 Å². The van der Waals surface area contributed by atoms with Crippen LogP contribution >= 0.6 is 0 Å². The molecule has 1 aromatic carbocycles. The number of carbonyl (C=O) groups excluding carboxylic acids is 1. The SMILES string of the molecule is C[NH+]1CCN(C(=O)c2ccc(NS(C)(=O)=O)cc2)CC1. The molecule has 0 unspecified atom stereocenters. The molecule has 1 fully saturated rings. The molecular weight excluding hydrogens is 278 g/mol. The highest BCUT2D eigenvalue weighted by Gasteiger charge is 2.22. The van der Waals surface area contributed by atoms with Crippen molar-refractivity contribution in [3.8, 4) is 0 Å². The third-order valence-electron chi connectivity index (χ3n) is 3.34. The molecule has 110 valence electrons. The minimum absolute atomic E-state index is 0.00315. The molecule has 0 saturated carbocycles. The number of piperazine rings is 1. The summed E-state index contributed by atoms with van der Waals surface area (Å²) in [7, 11) is -1.17. The predicted molar refractivity (Wildman–Crippen MR) is 77.4 cm³/mol. The third-order valence-corrected chi connectivity index (χ3v) is 3.95. The van der Waals surface area contributed by atoms with E-state index in [1.165, 1.54) is 4.90 Å². The maximum atomic E-state index is 12.3. The van der Waals surface area contributed by atoms with Gasteiger partial charge in [-0.2, -0.15) is 0 Å². The van der Waals surface area contributed by atoms with Crippen molar-refractivity contribution in [2.24, 2.45) is 0 Å². The average Bonchev–Trinajstić information content (AvgIpc) is 2.38. The fraction of sp³-hybridized carbons (Fsp3) is 0.462. The van der Waals surface area contributed by atoms with Crippen LogP contribution in [0.15, 0.2) is 24.3 Å². The van der Waals surface area contributed by atoms with Crippen LogP contribution in [0, 0.1) is 0 Å². The number of sulfonamides is 1. The maximum absolute atomic E-state index is 12.3. The molecule has 2 rings (SSSR count). The van der Waals surface area contributed by atoms with Crippen LogP contribution < -0.4 is 9.62 Å². The lowest BCUT2D eigenvalue weighted by Gasteiger charge is -2.30. The normalized spacial score (nSPS) is 17.0. The number of nitrogens with one attached hydrogen (secondary N) is 2. The lowest BCUT2D eigenvalue weighted by atomic mass is 10.1. The Kier molecular flexibility index (Phi) is 4.29. The molecule has 0 bridgehead atoms. The Labute approximate surface area is 119 Å². The summed E-state index contributed by atoms with van der Waals surface area (Å²) in [6.45, 7) is 3.43. The summed E-state index contributed by atoms with van der Waals surface area (Å²) in [5.41, 5.74) is 1.05. The molecule has 0 aliphatic carbocycles. The molecule has 2 N–H and O–H groups in total. The number of carbonyl (C=O) groups is 1. The van der Waals surface area contributed by atoms with Gasteiger partial charge in [-0.1, -0.05) is 0 Å². The van der Waals surface area contributed by atoms with E-state index in [4.69, 9.17) is 0 Å². The molecule has 1 aliphatic rings. The van der Waals surface area contributed by atoms with Gasteiger partial charge in [-0.25, -0.2) is 8.42 Å². The van der Waals surface area contributed by atoms with Crippen molar-refractivity contribution in [1.82, 2.24) is 4.90 Å². The molecule has 20 heavy (non-hydrogen) atoms. The van der Waals surface area contributed by atoms with Crippen molar-refractivity contribution in [2.75, 3.05) is 44.2 Å². The van der Waals surface area contributed by atoms with E-state index in [0.29, 0.717) is 11.3 Å². The number of hydrogen-bond acceptors (Lipinski definition) is 3. The van der Waals surface area contributed by atoms with Crippen LogP contribution in [0.3, 0.4) is 0 Å². The lowest BCUT2D eigenvalue weighted by molar-refractivity contribution is -0.883. The lowest BCUT2D eigenvalue weighted by Crippen LogP contribution is -3.12. The van der Waals surface area contributed by atoms with Crippen LogP contribution in [0.2, 0.25) is 0 Å². The number of likely N-dealkylation sites (N-methyl/N-ethyl adjacent to an activating group) is 1. The molecule has 1 amide bonds. The van der Waals surface area contributed by atoms with Crippen LogP contribution in [-0.2, 0) is 10.0 Å². The van der Waals surface area contributed by atoms with Gasteiger partial charge < -0.3 is 9.80 Å². The summed E-state index contributed by atoms with van der Waals surface area (Å²) in [6.07, 6.45) is 1.10. The second-order valence-electron chi connectivity index (χ2n) is 5.20. The largest absolute Gasteiger partial charge is 0.334 e. The van der Waals surface area contributed by atoms with Crippen LogP contribution in [0.5, 0.6) is 0 Å². The standard InChI is InChI=1S/C13H19N3O3S/c1-15-7-9-16(10-8-15)13(17)11-3-5-12(6-4-11)14-20(2,18)19/h3-6,14H,7-10H2,1-2H3/p+1. The topological polar surface area (TPSA) is 70.9 Å². The first-order chi connectivity index (χ1) is 9.35. The van der Waals surface area contributed by atoms with E-state index in [9.17, 15) is 13.2 Å². The van der Waals surface area contributed by atoms with Gasteiger partial charge in [0.2, 0.25) is 10.0 Å². The van der Waals surface area contributed by atoms with E-state index in [1.54, 1.807) is 24.3 Å². The van der Waals surface area contributed by atoms with Crippen molar-refractivity contribution in [2.45, 2.75) is 0 Å². The molecule has 7 heteroatoms. The summed E-state index contributed by atoms with van der Waals surface area (Å²) in [5.74, 6) is 0.00315. The summed E-state index contributed by atoms with van der Waals surface area (Å²) < 4.78 is 24.6. The zero-order valence-corrected chi connectivity index (χ0v) is 12.5. The molecule has 1 aromatic rings. The highest BCUT2D eigenvalue weighted by Crippen LogP contribution is 2.12. The molecule has 6 nitrogen and oxygen atoms in total. The Morgan fingerprint density at radius 3 is 2.25 bits per heavy atom. The fourth-order valence-electron chi connectivity index (χ4n) is 2.17. The summed E-state index contributed by atoms with van der Waals surface area (Å²) >= 11 is 0. The summed E-state index contributed by atoms with van der Waals surface area (Å²) in [6, 6.07) is 6.52. The second-order valence-corrected chi connectivity index (χ2v) is 6.95. The van der Waals surface area contributed by atoms with Gasteiger partial charge in [-0.15, -0.1) is 0 Å². The average molecular weight is 298 g/mol. The Hall–Kier alpha value is -1.60. The number of anilines is 1. The molecule has 1 saturated heterocycles. The highest BCUT2D eigenvalue weighted by molar-refractivity contribution is 7.92. The number of benzene rings is 1. The summed E-state index contributed by atoms with van der Waals surface area (Å²) in [4.78, 5) is 15.6. The van der Waals surface area contributed by atoms with Crippen LogP contribution in [0.4, 0.5) is 5.69 Å². The minimum atomic E-state index is -3.28. The smallest absolute Gasteiger partial charge is 0.254 e. The van der Waals surface area contributed by atoms with Gasteiger partial charge in [0.05, 0.1) is 39.5 Å². The van der Waals surface area contributed by atoms with Crippen molar-refractivity contribution in [3.63, 3.8) is 0 Å². The van der Waals surface area contributed by atoms with Gasteiger partial charge >= 0.3 is 0 Å². The van der Waals surface area contributed by atoms with Crippen molar-refractivity contribution in [1.29, 1.82) is 0 Å². The summed E-state index contributed by atoms with van der Waals surface area (Å²) in [5, 5.41) is 0. The fourth-order valence-corrected chi connectivity index (χ4v) is 2.73. The zero-order valence-electron chi connectivity index (χ0n) is 11.7. The van der Waals surface area contributed by atoms with Crippen LogP contribution in [-0.4, -0.2) is 58.7 Å². The first kappa shape index (κ1) is 14.8. The Morgan fingerprint density at radius 2 is 1.75 bits per heavy atom. The number of quaternary nitrogens is 1. The molecule has 0 aromatic heterocycles. The second kappa shape index (κ2) is 5.80. The molecule has 1 heterocycles.